The van der Waals surface area contributed by atoms with Gasteiger partial charge in [-0.1, -0.05) is 71.9 Å². The van der Waals surface area contributed by atoms with E-state index in [9.17, 15) is 4.79 Å². The third kappa shape index (κ3) is 6.12. The average Bonchev–Trinajstić information content (AvgIpc) is 3.35. The number of rotatable bonds is 9. The molecule has 5 aromatic rings. The van der Waals surface area contributed by atoms with Crippen LogP contribution in [-0.2, 0) is 12.2 Å². The number of carbonyl (C=O) groups is 1. The summed E-state index contributed by atoms with van der Waals surface area (Å²) in [6.45, 7) is 2.08. The van der Waals surface area contributed by atoms with Gasteiger partial charge in [-0.3, -0.25) is 9.36 Å². The molecule has 1 heterocycles. The third-order valence-corrected chi connectivity index (χ3v) is 7.13. The zero-order valence-electron chi connectivity index (χ0n) is 21.3. The Morgan fingerprint density at radius 3 is 2.24 bits per heavy atom. The lowest BCUT2D eigenvalue weighted by atomic mass is 10.1. The number of hydrogen-bond donors (Lipinski definition) is 1. The number of aryl methyl sites for hydroxylation is 1. The molecule has 0 unspecified atom stereocenters. The fraction of sp³-hybridized carbons (Fsp3) is 0.129. The zero-order valence-corrected chi connectivity index (χ0v) is 22.1. The van der Waals surface area contributed by atoms with Gasteiger partial charge in [-0.25, -0.2) is 0 Å². The normalized spacial score (nSPS) is 10.8. The molecule has 0 aliphatic carbocycles. The van der Waals surface area contributed by atoms with Crippen LogP contribution in [0, 0.1) is 6.92 Å². The number of hydrogen-bond acceptors (Lipinski definition) is 5. The first kappa shape index (κ1) is 25.3. The summed E-state index contributed by atoms with van der Waals surface area (Å²) in [6, 6.07) is 33.6. The Hall–Kier alpha value is -4.36. The molecule has 0 aliphatic rings. The zero-order chi connectivity index (χ0) is 26.3. The highest BCUT2D eigenvalue weighted by atomic mass is 32.2. The number of benzene rings is 4. The minimum Gasteiger partial charge on any atom is -0.497 e. The van der Waals surface area contributed by atoms with Gasteiger partial charge in [0.15, 0.2) is 5.16 Å². The molecule has 190 valence electrons. The van der Waals surface area contributed by atoms with E-state index in [1.165, 1.54) is 11.1 Å². The van der Waals surface area contributed by atoms with Crippen molar-refractivity contribution in [2.75, 3.05) is 12.4 Å². The highest BCUT2D eigenvalue weighted by Crippen LogP contribution is 2.27. The molecule has 0 saturated carbocycles. The summed E-state index contributed by atoms with van der Waals surface area (Å²) in [4.78, 5) is 12.7. The van der Waals surface area contributed by atoms with E-state index in [-0.39, 0.29) is 5.91 Å². The number of nitrogens with one attached hydrogen (secondary N) is 1. The Balaban J connectivity index is 1.29. The molecule has 1 amide bonds. The van der Waals surface area contributed by atoms with Crippen molar-refractivity contribution >= 4 is 23.4 Å². The Bertz CT molecular complexity index is 1500. The van der Waals surface area contributed by atoms with Crippen molar-refractivity contribution in [3.8, 4) is 11.4 Å². The summed E-state index contributed by atoms with van der Waals surface area (Å²) in [7, 11) is 1.61. The summed E-state index contributed by atoms with van der Waals surface area (Å²) in [5.74, 6) is 2.19. The Labute approximate surface area is 226 Å². The van der Waals surface area contributed by atoms with Crippen molar-refractivity contribution in [2.45, 2.75) is 24.3 Å². The molecule has 7 heteroatoms. The largest absolute Gasteiger partial charge is 0.497 e. The van der Waals surface area contributed by atoms with Gasteiger partial charge in [-0.2, -0.15) is 0 Å². The van der Waals surface area contributed by atoms with Crippen LogP contribution in [0.25, 0.3) is 5.69 Å². The molecule has 0 radical (unpaired) electrons. The Kier molecular flexibility index (Phi) is 7.85. The second kappa shape index (κ2) is 11.8. The van der Waals surface area contributed by atoms with Crippen molar-refractivity contribution in [3.05, 3.63) is 131 Å². The smallest absolute Gasteiger partial charge is 0.255 e. The summed E-state index contributed by atoms with van der Waals surface area (Å²) < 4.78 is 7.30. The van der Waals surface area contributed by atoms with E-state index in [0.29, 0.717) is 17.7 Å². The summed E-state index contributed by atoms with van der Waals surface area (Å²) in [6.07, 6.45) is 0.695. The lowest BCUT2D eigenvalue weighted by Gasteiger charge is -2.11. The van der Waals surface area contributed by atoms with Crippen LogP contribution in [0.5, 0.6) is 5.75 Å². The number of amides is 1. The van der Waals surface area contributed by atoms with Crippen LogP contribution in [-0.4, -0.2) is 27.8 Å². The van der Waals surface area contributed by atoms with E-state index in [4.69, 9.17) is 4.74 Å². The first-order valence-electron chi connectivity index (χ1n) is 12.3. The Morgan fingerprint density at radius 1 is 0.842 bits per heavy atom. The number of carbonyl (C=O) groups excluding carboxylic acids is 1. The van der Waals surface area contributed by atoms with Crippen LogP contribution < -0.4 is 10.1 Å². The molecule has 1 aromatic heterocycles. The van der Waals surface area contributed by atoms with Crippen LogP contribution in [0.4, 0.5) is 5.69 Å². The van der Waals surface area contributed by atoms with Crippen molar-refractivity contribution in [2.24, 2.45) is 0 Å². The van der Waals surface area contributed by atoms with Gasteiger partial charge in [0.05, 0.1) is 7.11 Å². The van der Waals surface area contributed by atoms with E-state index in [2.05, 4.69) is 63.4 Å². The highest BCUT2D eigenvalue weighted by molar-refractivity contribution is 7.98. The van der Waals surface area contributed by atoms with Crippen molar-refractivity contribution in [1.82, 2.24) is 14.8 Å². The third-order valence-electron chi connectivity index (χ3n) is 6.13. The second-order valence-corrected chi connectivity index (χ2v) is 9.84. The van der Waals surface area contributed by atoms with Crippen LogP contribution in [0.3, 0.4) is 0 Å². The number of thioether (sulfide) groups is 1. The average molecular weight is 521 g/mol. The molecule has 6 nitrogen and oxygen atoms in total. The van der Waals surface area contributed by atoms with Gasteiger partial charge in [-0.15, -0.1) is 10.2 Å². The van der Waals surface area contributed by atoms with Gasteiger partial charge in [-0.05, 0) is 66.6 Å². The van der Waals surface area contributed by atoms with Gasteiger partial charge in [0.25, 0.3) is 5.91 Å². The van der Waals surface area contributed by atoms with Crippen molar-refractivity contribution in [3.63, 3.8) is 0 Å². The van der Waals surface area contributed by atoms with E-state index in [1.807, 2.05) is 66.7 Å². The molecule has 38 heavy (non-hydrogen) atoms. The minimum atomic E-state index is -0.154. The lowest BCUT2D eigenvalue weighted by molar-refractivity contribution is 0.102. The van der Waals surface area contributed by atoms with Gasteiger partial charge in [0.1, 0.15) is 11.6 Å². The number of anilines is 1. The fourth-order valence-corrected chi connectivity index (χ4v) is 4.94. The SMILES string of the molecule is COc1ccc(NC(=O)c2ccc(CSc3nnc(Cc4ccccc4)n3-c3ccc(C)cc3)cc2)cc1. The minimum absolute atomic E-state index is 0.154. The molecule has 5 rings (SSSR count). The van der Waals surface area contributed by atoms with Crippen molar-refractivity contribution in [1.29, 1.82) is 0 Å². The maximum absolute atomic E-state index is 12.7. The first-order valence-corrected chi connectivity index (χ1v) is 13.3. The van der Waals surface area contributed by atoms with Gasteiger partial charge < -0.3 is 10.1 Å². The van der Waals surface area contributed by atoms with E-state index < -0.39 is 0 Å². The fourth-order valence-electron chi connectivity index (χ4n) is 4.02. The van der Waals surface area contributed by atoms with E-state index in [0.717, 1.165) is 33.7 Å². The van der Waals surface area contributed by atoms with Gasteiger partial charge in [0.2, 0.25) is 0 Å². The molecule has 0 fully saturated rings. The van der Waals surface area contributed by atoms with Crippen LogP contribution in [0.1, 0.15) is 32.9 Å². The van der Waals surface area contributed by atoms with Gasteiger partial charge >= 0.3 is 0 Å². The second-order valence-electron chi connectivity index (χ2n) is 8.90. The van der Waals surface area contributed by atoms with Gasteiger partial charge in [0, 0.05) is 29.1 Å². The summed E-state index contributed by atoms with van der Waals surface area (Å²) in [5.41, 5.74) is 5.85. The van der Waals surface area contributed by atoms with E-state index in [1.54, 1.807) is 18.9 Å². The quantitative estimate of drug-likeness (QED) is 0.219. The maximum Gasteiger partial charge on any atom is 0.255 e. The standard InChI is InChI=1S/C31H28N4O2S/c1-22-8-16-27(17-9-22)35-29(20-23-6-4-3-5-7-23)33-34-31(35)38-21-24-10-12-25(13-11-24)30(36)32-26-14-18-28(37-2)19-15-26/h3-19H,20-21H2,1-2H3,(H,32,36). The van der Waals surface area contributed by atoms with Crippen LogP contribution in [0.15, 0.2) is 108 Å². The Morgan fingerprint density at radius 2 is 1.55 bits per heavy atom. The summed E-state index contributed by atoms with van der Waals surface area (Å²) in [5, 5.41) is 12.8. The number of nitrogens with zero attached hydrogens (tertiary/aromatic N) is 3. The molecule has 0 atom stereocenters. The molecule has 0 saturated heterocycles. The molecule has 0 spiro atoms. The number of ether oxygens (including phenoxy) is 1. The summed E-state index contributed by atoms with van der Waals surface area (Å²) >= 11 is 1.63. The molecule has 1 N–H and O–H groups in total. The number of aromatic nitrogens is 3. The predicted molar refractivity (Wildman–Crippen MR) is 152 cm³/mol. The molecule has 4 aromatic carbocycles. The lowest BCUT2D eigenvalue weighted by Crippen LogP contribution is -2.11. The molecular formula is C31H28N4O2S. The molecule has 0 aliphatic heterocycles. The predicted octanol–water partition coefficient (Wildman–Crippen LogP) is 6.72. The van der Waals surface area contributed by atoms with Crippen LogP contribution >= 0.6 is 11.8 Å². The van der Waals surface area contributed by atoms with E-state index >= 15 is 0 Å². The maximum atomic E-state index is 12.7. The first-order chi connectivity index (χ1) is 18.6. The molecule has 0 bridgehead atoms. The van der Waals surface area contributed by atoms with Crippen LogP contribution in [0.2, 0.25) is 0 Å². The topological polar surface area (TPSA) is 69.0 Å². The number of methoxy groups -OCH3 is 1. The highest BCUT2D eigenvalue weighted by Gasteiger charge is 2.15. The molecular weight excluding hydrogens is 492 g/mol. The van der Waals surface area contributed by atoms with Crippen molar-refractivity contribution < 1.29 is 9.53 Å². The monoisotopic (exact) mass is 520 g/mol.